The third kappa shape index (κ3) is 2.64. The zero-order valence-corrected chi connectivity index (χ0v) is 11.5. The third-order valence-corrected chi connectivity index (χ3v) is 3.85. The summed E-state index contributed by atoms with van der Waals surface area (Å²) < 4.78 is 1.95. The number of aromatic nitrogens is 2. The largest absolute Gasteiger partial charge is 0.389 e. The lowest BCUT2D eigenvalue weighted by Gasteiger charge is -2.19. The van der Waals surface area contributed by atoms with Crippen molar-refractivity contribution in [1.29, 1.82) is 0 Å². The maximum absolute atomic E-state index is 9.95. The minimum absolute atomic E-state index is 0.557. The van der Waals surface area contributed by atoms with Gasteiger partial charge >= 0.3 is 0 Å². The molecule has 0 spiro atoms. The second kappa shape index (κ2) is 4.59. The fourth-order valence-electron chi connectivity index (χ4n) is 2.41. The second-order valence-electron chi connectivity index (χ2n) is 5.12. The van der Waals surface area contributed by atoms with Crippen LogP contribution in [0.25, 0.3) is 0 Å². The van der Waals surface area contributed by atoms with Crippen LogP contribution in [0.15, 0.2) is 0 Å². The Kier molecular flexibility index (Phi) is 3.48. The molecule has 5 heteroatoms. The summed E-state index contributed by atoms with van der Waals surface area (Å²) in [5.41, 5.74) is 1.39. The number of rotatable bonds is 3. The molecule has 0 aromatic carbocycles. The molecular weight excluding hydrogens is 238 g/mol. The van der Waals surface area contributed by atoms with Gasteiger partial charge in [-0.1, -0.05) is 11.6 Å². The molecular formula is C12H20ClN3O. The Morgan fingerprint density at radius 3 is 2.76 bits per heavy atom. The highest BCUT2D eigenvalue weighted by Gasteiger charge is 2.32. The second-order valence-corrected chi connectivity index (χ2v) is 5.50. The molecule has 0 aliphatic carbocycles. The first kappa shape index (κ1) is 12.9. The van der Waals surface area contributed by atoms with Gasteiger partial charge in [-0.2, -0.15) is 5.10 Å². The summed E-state index contributed by atoms with van der Waals surface area (Å²) in [7, 11) is 0. The molecule has 0 saturated carbocycles. The molecule has 1 aromatic rings. The van der Waals surface area contributed by atoms with E-state index >= 15 is 0 Å². The fraction of sp³-hybridized carbons (Fsp3) is 0.750. The van der Waals surface area contributed by atoms with Gasteiger partial charge in [0.1, 0.15) is 0 Å². The van der Waals surface area contributed by atoms with Crippen LogP contribution in [-0.4, -0.2) is 38.5 Å². The van der Waals surface area contributed by atoms with Crippen molar-refractivity contribution in [1.82, 2.24) is 14.7 Å². The predicted octanol–water partition coefficient (Wildman–Crippen LogP) is 1.82. The first-order valence-corrected chi connectivity index (χ1v) is 6.47. The van der Waals surface area contributed by atoms with Gasteiger partial charge in [-0.3, -0.25) is 9.58 Å². The van der Waals surface area contributed by atoms with Crippen LogP contribution in [0.2, 0.25) is 5.02 Å². The molecule has 4 nitrogen and oxygen atoms in total. The van der Waals surface area contributed by atoms with Crippen LogP contribution < -0.4 is 0 Å². The summed E-state index contributed by atoms with van der Waals surface area (Å²) in [6.07, 6.45) is 0.823. The molecule has 0 bridgehead atoms. The highest BCUT2D eigenvalue weighted by Crippen LogP contribution is 2.26. The molecule has 1 aliphatic rings. The third-order valence-electron chi connectivity index (χ3n) is 3.36. The van der Waals surface area contributed by atoms with Crippen LogP contribution in [0.1, 0.15) is 31.7 Å². The summed E-state index contributed by atoms with van der Waals surface area (Å²) >= 11 is 6.27. The van der Waals surface area contributed by atoms with Crippen molar-refractivity contribution >= 4 is 11.6 Å². The van der Waals surface area contributed by atoms with Crippen molar-refractivity contribution < 1.29 is 5.11 Å². The number of nitrogens with zero attached hydrogens (tertiary/aromatic N) is 3. The van der Waals surface area contributed by atoms with E-state index in [2.05, 4.69) is 16.9 Å². The number of likely N-dealkylation sites (tertiary alicyclic amines) is 1. The van der Waals surface area contributed by atoms with Crippen molar-refractivity contribution in [2.45, 2.75) is 45.9 Å². The Labute approximate surface area is 107 Å². The number of aliphatic hydroxyl groups is 1. The molecule has 1 atom stereocenters. The molecule has 1 aromatic heterocycles. The van der Waals surface area contributed by atoms with E-state index in [0.29, 0.717) is 6.54 Å². The van der Waals surface area contributed by atoms with Gasteiger partial charge in [0.2, 0.25) is 0 Å². The topological polar surface area (TPSA) is 41.3 Å². The maximum Gasteiger partial charge on any atom is 0.0860 e. The average Bonchev–Trinajstić information content (AvgIpc) is 2.73. The van der Waals surface area contributed by atoms with Crippen LogP contribution in [-0.2, 0) is 13.1 Å². The van der Waals surface area contributed by atoms with Gasteiger partial charge < -0.3 is 5.11 Å². The Hall–Kier alpha value is -0.580. The number of hydrogen-bond acceptors (Lipinski definition) is 3. The van der Waals surface area contributed by atoms with Gasteiger partial charge in [-0.05, 0) is 27.2 Å². The Balaban J connectivity index is 2.14. The fourth-order valence-corrected chi connectivity index (χ4v) is 2.60. The molecule has 96 valence electrons. The monoisotopic (exact) mass is 257 g/mol. The first-order valence-electron chi connectivity index (χ1n) is 6.09. The lowest BCUT2D eigenvalue weighted by molar-refractivity contribution is 0.0675. The highest BCUT2D eigenvalue weighted by atomic mass is 35.5. The minimum Gasteiger partial charge on any atom is -0.389 e. The van der Waals surface area contributed by atoms with Gasteiger partial charge in [-0.15, -0.1) is 0 Å². The van der Waals surface area contributed by atoms with E-state index in [1.165, 1.54) is 0 Å². The molecule has 17 heavy (non-hydrogen) atoms. The van der Waals surface area contributed by atoms with Crippen molar-refractivity contribution in [3.8, 4) is 0 Å². The van der Waals surface area contributed by atoms with Gasteiger partial charge in [0, 0.05) is 26.2 Å². The quantitative estimate of drug-likeness (QED) is 0.898. The van der Waals surface area contributed by atoms with Gasteiger partial charge in [0.15, 0.2) is 0 Å². The summed E-state index contributed by atoms with van der Waals surface area (Å²) in [6.45, 7) is 9.09. The predicted molar refractivity (Wildman–Crippen MR) is 68.2 cm³/mol. The summed E-state index contributed by atoms with van der Waals surface area (Å²) in [4.78, 5) is 2.23. The van der Waals surface area contributed by atoms with Crippen LogP contribution in [0.4, 0.5) is 0 Å². The zero-order chi connectivity index (χ0) is 12.6. The lowest BCUT2D eigenvalue weighted by Crippen LogP contribution is -2.30. The summed E-state index contributed by atoms with van der Waals surface area (Å²) in [5, 5.41) is 15.1. The van der Waals surface area contributed by atoms with E-state index in [9.17, 15) is 5.11 Å². The number of halogens is 1. The molecule has 0 amide bonds. The number of β-amino-alcohol motifs (C(OH)–C–C–N with tert-alkyl or cyclic N) is 1. The average molecular weight is 258 g/mol. The molecule has 1 saturated heterocycles. The molecule has 1 N–H and O–H groups in total. The molecule has 1 unspecified atom stereocenters. The van der Waals surface area contributed by atoms with Gasteiger partial charge in [0.25, 0.3) is 0 Å². The van der Waals surface area contributed by atoms with Crippen LogP contribution in [0.5, 0.6) is 0 Å². The smallest absolute Gasteiger partial charge is 0.0860 e. The van der Waals surface area contributed by atoms with Crippen LogP contribution in [0, 0.1) is 6.92 Å². The van der Waals surface area contributed by atoms with Crippen LogP contribution >= 0.6 is 11.6 Å². The standard InChI is InChI=1S/C12H20ClN3O/c1-4-16-10(11(13)9(2)14-16)7-15-6-5-12(3,17)8-15/h17H,4-8H2,1-3H3. The highest BCUT2D eigenvalue weighted by molar-refractivity contribution is 6.31. The Morgan fingerprint density at radius 1 is 1.53 bits per heavy atom. The number of aryl methyl sites for hydroxylation is 2. The molecule has 1 fully saturated rings. The van der Waals surface area contributed by atoms with Gasteiger partial charge in [0.05, 0.1) is 22.0 Å². The van der Waals surface area contributed by atoms with Crippen molar-refractivity contribution in [3.05, 3.63) is 16.4 Å². The minimum atomic E-state index is -0.557. The molecule has 1 aliphatic heterocycles. The summed E-state index contributed by atoms with van der Waals surface area (Å²) in [6, 6.07) is 0. The van der Waals surface area contributed by atoms with E-state index < -0.39 is 5.60 Å². The van der Waals surface area contributed by atoms with Crippen molar-refractivity contribution in [3.63, 3.8) is 0 Å². The normalized spacial score (nSPS) is 25.7. The molecule has 2 rings (SSSR count). The molecule has 0 radical (unpaired) electrons. The van der Waals surface area contributed by atoms with Gasteiger partial charge in [-0.25, -0.2) is 0 Å². The Bertz CT molecular complexity index is 414. The van der Waals surface area contributed by atoms with E-state index in [1.807, 2.05) is 18.5 Å². The molecule has 2 heterocycles. The van der Waals surface area contributed by atoms with Crippen molar-refractivity contribution in [2.24, 2.45) is 0 Å². The van der Waals surface area contributed by atoms with Crippen molar-refractivity contribution in [2.75, 3.05) is 13.1 Å². The first-order chi connectivity index (χ1) is 7.93. The van der Waals surface area contributed by atoms with Crippen LogP contribution in [0.3, 0.4) is 0 Å². The lowest BCUT2D eigenvalue weighted by atomic mass is 10.1. The Morgan fingerprint density at radius 2 is 2.24 bits per heavy atom. The SMILES string of the molecule is CCn1nc(C)c(Cl)c1CN1CCC(C)(O)C1. The van der Waals surface area contributed by atoms with E-state index in [0.717, 1.165) is 42.5 Å². The van der Waals surface area contributed by atoms with E-state index in [1.54, 1.807) is 0 Å². The zero-order valence-electron chi connectivity index (χ0n) is 10.7. The number of hydrogen-bond donors (Lipinski definition) is 1. The van der Waals surface area contributed by atoms with E-state index in [4.69, 9.17) is 11.6 Å². The van der Waals surface area contributed by atoms with E-state index in [-0.39, 0.29) is 0 Å². The maximum atomic E-state index is 9.95. The summed E-state index contributed by atoms with van der Waals surface area (Å²) in [5.74, 6) is 0.